The number of amides is 2. The summed E-state index contributed by atoms with van der Waals surface area (Å²) in [6.07, 6.45) is 0. The summed E-state index contributed by atoms with van der Waals surface area (Å²) in [5.41, 5.74) is 3.28. The Bertz CT molecular complexity index is 801. The third-order valence-corrected chi connectivity index (χ3v) is 4.17. The first kappa shape index (κ1) is 21.4. The third-order valence-electron chi connectivity index (χ3n) is 4.17. The van der Waals surface area contributed by atoms with Crippen molar-refractivity contribution in [1.29, 1.82) is 0 Å². The Morgan fingerprint density at radius 1 is 1.07 bits per heavy atom. The maximum absolute atomic E-state index is 12.2. The van der Waals surface area contributed by atoms with Crippen molar-refractivity contribution in [3.8, 4) is 5.75 Å². The molecule has 6 nitrogen and oxygen atoms in total. The molecule has 0 bridgehead atoms. The van der Waals surface area contributed by atoms with E-state index >= 15 is 0 Å². The van der Waals surface area contributed by atoms with E-state index in [0.717, 1.165) is 16.9 Å². The molecule has 6 heteroatoms. The molecule has 0 unspecified atom stereocenters. The van der Waals surface area contributed by atoms with Gasteiger partial charge in [-0.2, -0.15) is 0 Å². The van der Waals surface area contributed by atoms with Crippen LogP contribution in [-0.2, 0) is 9.53 Å². The Labute approximate surface area is 166 Å². The average molecular weight is 384 g/mol. The molecule has 150 valence electrons. The molecule has 28 heavy (non-hydrogen) atoms. The molecule has 0 saturated carbocycles. The number of rotatable bonds is 9. The van der Waals surface area contributed by atoms with E-state index in [4.69, 9.17) is 9.47 Å². The number of hydrogen-bond donors (Lipinski definition) is 2. The van der Waals surface area contributed by atoms with Gasteiger partial charge < -0.3 is 20.1 Å². The lowest BCUT2D eigenvalue weighted by Gasteiger charge is -2.15. The van der Waals surface area contributed by atoms with Gasteiger partial charge in [-0.3, -0.25) is 9.59 Å². The van der Waals surface area contributed by atoms with Crippen LogP contribution in [0.3, 0.4) is 0 Å². The summed E-state index contributed by atoms with van der Waals surface area (Å²) < 4.78 is 10.6. The number of methoxy groups -OCH3 is 1. The van der Waals surface area contributed by atoms with Crippen molar-refractivity contribution in [2.45, 2.75) is 26.7 Å². The molecule has 2 N–H and O–H groups in total. The van der Waals surface area contributed by atoms with Crippen molar-refractivity contribution < 1.29 is 19.1 Å². The number of hydrogen-bond acceptors (Lipinski definition) is 4. The van der Waals surface area contributed by atoms with Crippen LogP contribution in [0.4, 0.5) is 5.69 Å². The van der Waals surface area contributed by atoms with Crippen LogP contribution in [0.25, 0.3) is 0 Å². The number of benzene rings is 2. The molecule has 2 aromatic rings. The molecule has 0 fully saturated rings. The fourth-order valence-electron chi connectivity index (χ4n) is 2.66. The molecular formula is C22H28N2O4. The summed E-state index contributed by atoms with van der Waals surface area (Å²) in [6, 6.07) is 12.7. The number of nitrogens with one attached hydrogen (secondary N) is 2. The van der Waals surface area contributed by atoms with Crippen molar-refractivity contribution >= 4 is 17.5 Å². The van der Waals surface area contributed by atoms with Crippen molar-refractivity contribution in [3.05, 3.63) is 59.2 Å². The second kappa shape index (κ2) is 10.5. The minimum atomic E-state index is -0.256. The van der Waals surface area contributed by atoms with Crippen LogP contribution < -0.4 is 15.4 Å². The summed E-state index contributed by atoms with van der Waals surface area (Å²) >= 11 is 0. The van der Waals surface area contributed by atoms with Gasteiger partial charge in [0.05, 0.1) is 6.61 Å². The van der Waals surface area contributed by atoms with E-state index < -0.39 is 0 Å². The van der Waals surface area contributed by atoms with E-state index in [1.165, 1.54) is 0 Å². The second-order valence-electron chi connectivity index (χ2n) is 6.86. The van der Waals surface area contributed by atoms with Gasteiger partial charge in [-0.15, -0.1) is 0 Å². The normalized spacial score (nSPS) is 10.6. The fourth-order valence-corrected chi connectivity index (χ4v) is 2.66. The van der Waals surface area contributed by atoms with E-state index in [1.54, 1.807) is 31.4 Å². The van der Waals surface area contributed by atoms with Gasteiger partial charge in [0.25, 0.3) is 11.8 Å². The van der Waals surface area contributed by atoms with Gasteiger partial charge in [0.1, 0.15) is 5.75 Å². The summed E-state index contributed by atoms with van der Waals surface area (Å²) in [5, 5.41) is 5.52. The van der Waals surface area contributed by atoms with Crippen LogP contribution in [0.15, 0.2) is 42.5 Å². The molecule has 0 heterocycles. The lowest BCUT2D eigenvalue weighted by Crippen LogP contribution is -2.27. The summed E-state index contributed by atoms with van der Waals surface area (Å²) in [4.78, 5) is 24.2. The van der Waals surface area contributed by atoms with Crippen LogP contribution in [0, 0.1) is 6.92 Å². The SMILES string of the molecule is COCCNC(=O)c1ccc(NC(=O)COc2cc(C)ccc2C(C)C)cc1. The molecule has 0 saturated heterocycles. The lowest BCUT2D eigenvalue weighted by atomic mass is 10.0. The van der Waals surface area contributed by atoms with Crippen molar-refractivity contribution in [3.63, 3.8) is 0 Å². The minimum absolute atomic E-state index is 0.0809. The van der Waals surface area contributed by atoms with Gasteiger partial charge in [0.2, 0.25) is 0 Å². The van der Waals surface area contributed by atoms with Crippen LogP contribution in [0.1, 0.15) is 41.3 Å². The topological polar surface area (TPSA) is 76.7 Å². The largest absolute Gasteiger partial charge is 0.483 e. The van der Waals surface area contributed by atoms with Crippen molar-refractivity contribution in [2.75, 3.05) is 32.2 Å². The predicted octanol–water partition coefficient (Wildman–Crippen LogP) is 3.51. The zero-order valence-corrected chi connectivity index (χ0v) is 16.9. The lowest BCUT2D eigenvalue weighted by molar-refractivity contribution is -0.118. The molecule has 2 rings (SSSR count). The first-order valence-corrected chi connectivity index (χ1v) is 9.31. The van der Waals surface area contributed by atoms with Gasteiger partial charge in [-0.25, -0.2) is 0 Å². The molecule has 0 radical (unpaired) electrons. The highest BCUT2D eigenvalue weighted by Crippen LogP contribution is 2.27. The van der Waals surface area contributed by atoms with Crippen LogP contribution >= 0.6 is 0 Å². The van der Waals surface area contributed by atoms with Crippen LogP contribution in [0.5, 0.6) is 5.75 Å². The van der Waals surface area contributed by atoms with Crippen LogP contribution in [-0.4, -0.2) is 38.7 Å². The van der Waals surface area contributed by atoms with E-state index in [-0.39, 0.29) is 18.4 Å². The molecule has 0 aliphatic carbocycles. The molecule has 2 aromatic carbocycles. The highest BCUT2D eigenvalue weighted by molar-refractivity contribution is 5.96. The van der Waals surface area contributed by atoms with E-state index in [1.807, 2.05) is 25.1 Å². The first-order chi connectivity index (χ1) is 13.4. The molecule has 0 aliphatic heterocycles. The van der Waals surface area contributed by atoms with Gasteiger partial charge >= 0.3 is 0 Å². The molecular weight excluding hydrogens is 356 g/mol. The molecule has 0 spiro atoms. The molecule has 0 aromatic heterocycles. The molecule has 0 aliphatic rings. The number of ether oxygens (including phenoxy) is 2. The number of aryl methyl sites for hydroxylation is 1. The Morgan fingerprint density at radius 2 is 1.79 bits per heavy atom. The standard InChI is InChI=1S/C22H28N2O4/c1-15(2)19-10-5-16(3)13-20(19)28-14-21(25)24-18-8-6-17(7-9-18)22(26)23-11-12-27-4/h5-10,13,15H,11-12,14H2,1-4H3,(H,23,26)(H,24,25). The van der Waals surface area contributed by atoms with Gasteiger partial charge in [0.15, 0.2) is 6.61 Å². The quantitative estimate of drug-likeness (QED) is 0.649. The average Bonchev–Trinajstić information content (AvgIpc) is 2.67. The Kier molecular flexibility index (Phi) is 8.02. The highest BCUT2D eigenvalue weighted by atomic mass is 16.5. The summed E-state index contributed by atoms with van der Waals surface area (Å²) in [6.45, 7) is 6.99. The second-order valence-corrected chi connectivity index (χ2v) is 6.86. The summed E-state index contributed by atoms with van der Waals surface area (Å²) in [7, 11) is 1.58. The molecule has 2 amide bonds. The first-order valence-electron chi connectivity index (χ1n) is 9.31. The number of carbonyl (C=O) groups excluding carboxylic acids is 2. The van der Waals surface area contributed by atoms with Gasteiger partial charge in [-0.1, -0.05) is 26.0 Å². The smallest absolute Gasteiger partial charge is 0.262 e. The zero-order valence-electron chi connectivity index (χ0n) is 16.9. The zero-order chi connectivity index (χ0) is 20.5. The third kappa shape index (κ3) is 6.39. The van der Waals surface area contributed by atoms with Crippen molar-refractivity contribution in [1.82, 2.24) is 5.32 Å². The maximum Gasteiger partial charge on any atom is 0.262 e. The Balaban J connectivity index is 1.90. The van der Waals surface area contributed by atoms with E-state index in [2.05, 4.69) is 24.5 Å². The fraction of sp³-hybridized carbons (Fsp3) is 0.364. The van der Waals surface area contributed by atoms with Crippen LogP contribution in [0.2, 0.25) is 0 Å². The van der Waals surface area contributed by atoms with E-state index in [9.17, 15) is 9.59 Å². The Morgan fingerprint density at radius 3 is 2.43 bits per heavy atom. The Hall–Kier alpha value is -2.86. The van der Waals surface area contributed by atoms with E-state index in [0.29, 0.717) is 30.3 Å². The number of carbonyl (C=O) groups is 2. The maximum atomic E-state index is 12.2. The van der Waals surface area contributed by atoms with Gasteiger partial charge in [-0.05, 0) is 54.3 Å². The monoisotopic (exact) mass is 384 g/mol. The van der Waals surface area contributed by atoms with Crippen molar-refractivity contribution in [2.24, 2.45) is 0 Å². The number of anilines is 1. The summed E-state index contributed by atoms with van der Waals surface area (Å²) in [5.74, 6) is 0.599. The molecule has 0 atom stereocenters. The predicted molar refractivity (Wildman–Crippen MR) is 110 cm³/mol. The highest BCUT2D eigenvalue weighted by Gasteiger charge is 2.11. The minimum Gasteiger partial charge on any atom is -0.483 e. The van der Waals surface area contributed by atoms with Gasteiger partial charge in [0, 0.05) is 24.9 Å².